The van der Waals surface area contributed by atoms with Gasteiger partial charge in [-0.1, -0.05) is 272 Å². The molecule has 0 saturated heterocycles. The topological polar surface area (TPSA) is 78.9 Å². The fourth-order valence-electron chi connectivity index (χ4n) is 8.49. The van der Waals surface area contributed by atoms with Crippen LogP contribution in [0.25, 0.3) is 0 Å². The van der Waals surface area contributed by atoms with Crippen molar-refractivity contribution >= 4 is 17.9 Å². The van der Waals surface area contributed by atoms with Crippen LogP contribution in [0.15, 0.2) is 97.2 Å². The third-order valence-corrected chi connectivity index (χ3v) is 13.1. The normalized spacial score (nSPS) is 12.8. The monoisotopic (exact) mass is 1010 g/mol. The van der Waals surface area contributed by atoms with Crippen molar-refractivity contribution in [3.8, 4) is 0 Å². The Morgan fingerprint density at radius 3 is 0.877 bits per heavy atom. The van der Waals surface area contributed by atoms with Crippen LogP contribution in [0.1, 0.15) is 290 Å². The first kappa shape index (κ1) is 69.3. The zero-order valence-electron chi connectivity index (χ0n) is 47.9. The first-order valence-electron chi connectivity index (χ1n) is 30.7. The minimum atomic E-state index is -0.803. The molecule has 0 bridgehead atoms. The molecule has 0 radical (unpaired) electrons. The molecule has 6 heteroatoms. The predicted molar refractivity (Wildman–Crippen MR) is 316 cm³/mol. The average Bonchev–Trinajstić information content (AvgIpc) is 3.39. The van der Waals surface area contributed by atoms with Crippen LogP contribution in [0.4, 0.5) is 0 Å². The molecule has 0 N–H and O–H groups in total. The summed E-state index contributed by atoms with van der Waals surface area (Å²) in [6.45, 7) is 6.39. The van der Waals surface area contributed by atoms with Crippen molar-refractivity contribution in [2.75, 3.05) is 13.2 Å². The van der Waals surface area contributed by atoms with E-state index >= 15 is 0 Å². The van der Waals surface area contributed by atoms with Crippen LogP contribution in [0, 0.1) is 0 Å². The molecule has 0 spiro atoms. The molecule has 0 rings (SSSR count). The highest BCUT2D eigenvalue weighted by molar-refractivity contribution is 5.71. The van der Waals surface area contributed by atoms with Gasteiger partial charge in [0.1, 0.15) is 13.2 Å². The molecule has 0 saturated carbocycles. The Balaban J connectivity index is 4.00. The van der Waals surface area contributed by atoms with E-state index in [2.05, 4.69) is 118 Å². The van der Waals surface area contributed by atoms with Crippen molar-refractivity contribution in [3.05, 3.63) is 97.2 Å². The minimum absolute atomic E-state index is 0.0985. The smallest absolute Gasteiger partial charge is 0.306 e. The van der Waals surface area contributed by atoms with Gasteiger partial charge in [-0.15, -0.1) is 0 Å². The summed E-state index contributed by atoms with van der Waals surface area (Å²) in [4.78, 5) is 37.8. The van der Waals surface area contributed by atoms with E-state index < -0.39 is 6.10 Å². The minimum Gasteiger partial charge on any atom is -0.462 e. The van der Waals surface area contributed by atoms with Crippen molar-refractivity contribution in [1.82, 2.24) is 0 Å². The Morgan fingerprint density at radius 1 is 0.288 bits per heavy atom. The highest BCUT2D eigenvalue weighted by atomic mass is 16.6. The number of allylic oxidation sites excluding steroid dienone is 16. The van der Waals surface area contributed by atoms with Gasteiger partial charge in [-0.05, 0) is 96.3 Å². The average molecular weight is 1020 g/mol. The first-order chi connectivity index (χ1) is 36.0. The van der Waals surface area contributed by atoms with Gasteiger partial charge in [-0.25, -0.2) is 0 Å². The third kappa shape index (κ3) is 59.1. The molecule has 0 heterocycles. The van der Waals surface area contributed by atoms with Gasteiger partial charge in [0, 0.05) is 19.3 Å². The Morgan fingerprint density at radius 2 is 0.548 bits per heavy atom. The summed E-state index contributed by atoms with van der Waals surface area (Å²) < 4.78 is 16.7. The molecular formula is C67H114O6. The molecule has 1 atom stereocenters. The summed E-state index contributed by atoms with van der Waals surface area (Å²) in [5.41, 5.74) is 0. The molecule has 0 aliphatic carbocycles. The Kier molecular flexibility index (Phi) is 57.8. The molecule has 0 aliphatic heterocycles. The quantitative estimate of drug-likeness (QED) is 0.0261. The lowest BCUT2D eigenvalue weighted by atomic mass is 10.0. The number of esters is 3. The lowest BCUT2D eigenvalue weighted by Crippen LogP contribution is -2.30. The summed E-state index contributed by atoms with van der Waals surface area (Å²) >= 11 is 0. The van der Waals surface area contributed by atoms with E-state index in [1.165, 1.54) is 141 Å². The van der Waals surface area contributed by atoms with E-state index in [9.17, 15) is 14.4 Å². The fourth-order valence-corrected chi connectivity index (χ4v) is 8.49. The Bertz CT molecular complexity index is 1440. The van der Waals surface area contributed by atoms with E-state index in [1.54, 1.807) is 0 Å². The van der Waals surface area contributed by atoms with E-state index in [1.807, 2.05) is 0 Å². The number of hydrogen-bond acceptors (Lipinski definition) is 6. The van der Waals surface area contributed by atoms with Gasteiger partial charge in [-0.3, -0.25) is 14.4 Å². The van der Waals surface area contributed by atoms with Crippen LogP contribution < -0.4 is 0 Å². The molecule has 0 aromatic carbocycles. The highest BCUT2D eigenvalue weighted by Gasteiger charge is 2.19. The van der Waals surface area contributed by atoms with E-state index in [0.29, 0.717) is 19.3 Å². The van der Waals surface area contributed by atoms with Gasteiger partial charge in [-0.2, -0.15) is 0 Å². The maximum Gasteiger partial charge on any atom is 0.306 e. The second-order valence-electron chi connectivity index (χ2n) is 20.2. The molecule has 0 amide bonds. The van der Waals surface area contributed by atoms with Crippen molar-refractivity contribution < 1.29 is 28.6 Å². The van der Waals surface area contributed by atoms with Gasteiger partial charge in [0.05, 0.1) is 0 Å². The summed E-state index contributed by atoms with van der Waals surface area (Å²) in [6.07, 6.45) is 82.0. The lowest BCUT2D eigenvalue weighted by molar-refractivity contribution is -0.167. The van der Waals surface area contributed by atoms with Crippen LogP contribution in [-0.4, -0.2) is 37.2 Å². The number of rotatable bonds is 55. The molecule has 0 aliphatic rings. The Labute approximate surface area is 451 Å². The van der Waals surface area contributed by atoms with Gasteiger partial charge in [0.15, 0.2) is 6.10 Å². The highest BCUT2D eigenvalue weighted by Crippen LogP contribution is 2.16. The van der Waals surface area contributed by atoms with Crippen molar-refractivity contribution in [1.29, 1.82) is 0 Å². The molecule has 1 unspecified atom stereocenters. The van der Waals surface area contributed by atoms with Crippen LogP contribution in [-0.2, 0) is 28.6 Å². The second-order valence-corrected chi connectivity index (χ2v) is 20.2. The number of carbonyl (C=O) groups excluding carboxylic acids is 3. The van der Waals surface area contributed by atoms with Crippen molar-refractivity contribution in [3.63, 3.8) is 0 Å². The number of carbonyl (C=O) groups is 3. The van der Waals surface area contributed by atoms with Crippen LogP contribution in [0.3, 0.4) is 0 Å². The molecule has 0 aromatic rings. The number of ether oxygens (including phenoxy) is 3. The standard InChI is InChI=1S/C67H114O6/c1-4-7-10-13-15-17-19-21-23-25-26-27-28-29-30-31-32-33-34-35-36-37-38-39-40-42-43-45-47-49-51-54-57-60-66(69)72-63-64(62-71-65(68)59-56-53-12-9-6-3)73-67(70)61-58-55-52-50-48-46-44-41-24-22-20-18-16-14-11-8-5-2/h8,11,16,18-19,21-22,24-26,28-29,44,46,50,52,64H,4-7,9-10,12-15,17,20,23,27,30-43,45,47-49,51,53-63H2,1-3H3/b11-8-,18-16-,21-19-,24-22-,26-25-,29-28-,46-44-,52-50-. The second kappa shape index (κ2) is 60.9. The largest absolute Gasteiger partial charge is 0.462 e. The zero-order chi connectivity index (χ0) is 52.9. The van der Waals surface area contributed by atoms with Crippen LogP contribution in [0.5, 0.6) is 0 Å². The lowest BCUT2D eigenvalue weighted by Gasteiger charge is -2.18. The molecule has 0 fully saturated rings. The van der Waals surface area contributed by atoms with Gasteiger partial charge < -0.3 is 14.2 Å². The molecular weight excluding hydrogens is 901 g/mol. The number of unbranched alkanes of at least 4 members (excludes halogenated alkanes) is 28. The first-order valence-corrected chi connectivity index (χ1v) is 30.7. The van der Waals surface area contributed by atoms with Crippen LogP contribution >= 0.6 is 0 Å². The van der Waals surface area contributed by atoms with E-state index in [4.69, 9.17) is 14.2 Å². The maximum atomic E-state index is 12.7. The van der Waals surface area contributed by atoms with Crippen molar-refractivity contribution in [2.24, 2.45) is 0 Å². The van der Waals surface area contributed by atoms with Gasteiger partial charge in [0.25, 0.3) is 0 Å². The van der Waals surface area contributed by atoms with E-state index in [-0.39, 0.29) is 37.5 Å². The maximum absolute atomic E-state index is 12.7. The molecule has 0 aromatic heterocycles. The summed E-state index contributed by atoms with van der Waals surface area (Å²) in [5, 5.41) is 0. The molecule has 73 heavy (non-hydrogen) atoms. The third-order valence-electron chi connectivity index (χ3n) is 13.1. The number of hydrogen-bond donors (Lipinski definition) is 0. The van der Waals surface area contributed by atoms with Crippen LogP contribution in [0.2, 0.25) is 0 Å². The fraction of sp³-hybridized carbons (Fsp3) is 0.716. The molecule has 6 nitrogen and oxygen atoms in total. The predicted octanol–water partition coefficient (Wildman–Crippen LogP) is 20.9. The van der Waals surface area contributed by atoms with Crippen molar-refractivity contribution in [2.45, 2.75) is 297 Å². The summed E-state index contributed by atoms with van der Waals surface area (Å²) in [6, 6.07) is 0. The van der Waals surface area contributed by atoms with E-state index in [0.717, 1.165) is 103 Å². The molecule has 418 valence electrons. The summed E-state index contributed by atoms with van der Waals surface area (Å²) in [7, 11) is 0. The SMILES string of the molecule is CC/C=C\C/C=C\C/C=C\C/C=C\C/C=C\CCCC(=O)OC(COC(=O)CCCCCCC)COC(=O)CCCCCCCCCCCCCCCCCCCC/C=C\C/C=C\C/C=C\CCCCCCC. The van der Waals surface area contributed by atoms with Gasteiger partial charge >= 0.3 is 17.9 Å². The van der Waals surface area contributed by atoms with Gasteiger partial charge in [0.2, 0.25) is 0 Å². The summed E-state index contributed by atoms with van der Waals surface area (Å²) in [5.74, 6) is -0.968. The Hall–Kier alpha value is -3.67. The zero-order valence-corrected chi connectivity index (χ0v) is 47.9.